The summed E-state index contributed by atoms with van der Waals surface area (Å²) in [6.07, 6.45) is 3.58. The summed E-state index contributed by atoms with van der Waals surface area (Å²) in [7, 11) is 0. The standard InChI is InChI=1S/C33H35NO6/c1-2-3-19-38-26-17-13-25(14-18-26)31(35)29-30(34(33(37)32(29)36)21-28-10-7-20-39-28)24-11-15-27(16-12-24)40-22-23-8-5-4-6-9-23/h4-6,8-9,11-18,28,30,35H,2-3,7,10,19-22H2,1H3/t28-,30-/m0/s1. The van der Waals surface area contributed by atoms with Crippen LogP contribution in [-0.2, 0) is 20.9 Å². The van der Waals surface area contributed by atoms with Crippen molar-refractivity contribution >= 4 is 17.4 Å². The van der Waals surface area contributed by atoms with Gasteiger partial charge in [0, 0.05) is 18.7 Å². The number of hydrogen-bond donors (Lipinski definition) is 1. The first-order chi connectivity index (χ1) is 19.5. The van der Waals surface area contributed by atoms with E-state index in [1.807, 2.05) is 54.6 Å². The van der Waals surface area contributed by atoms with Crippen LogP contribution in [0, 0.1) is 0 Å². The third-order valence-corrected chi connectivity index (χ3v) is 7.30. The SMILES string of the molecule is CCCCOc1ccc(C(O)=C2C(=O)C(=O)N(C[C@@H]3CCCO3)[C@H]2c2ccc(OCc3ccccc3)cc2)cc1. The molecule has 1 amide bonds. The van der Waals surface area contributed by atoms with Crippen molar-refractivity contribution in [1.29, 1.82) is 0 Å². The van der Waals surface area contributed by atoms with Crippen molar-refractivity contribution in [3.05, 3.63) is 101 Å². The van der Waals surface area contributed by atoms with Crippen LogP contribution in [0.4, 0.5) is 0 Å². The van der Waals surface area contributed by atoms with Gasteiger partial charge < -0.3 is 24.2 Å². The topological polar surface area (TPSA) is 85.3 Å². The summed E-state index contributed by atoms with van der Waals surface area (Å²) in [6.45, 7) is 4.05. The molecule has 0 aromatic heterocycles. The van der Waals surface area contributed by atoms with Gasteiger partial charge in [0.1, 0.15) is 23.9 Å². The highest BCUT2D eigenvalue weighted by Crippen LogP contribution is 2.40. The van der Waals surface area contributed by atoms with Gasteiger partial charge in [-0.15, -0.1) is 0 Å². The Labute approximate surface area is 235 Å². The first-order valence-corrected chi connectivity index (χ1v) is 13.9. The van der Waals surface area contributed by atoms with Crippen LogP contribution in [0.1, 0.15) is 55.3 Å². The number of carbonyl (C=O) groups excluding carboxylic acids is 2. The number of benzene rings is 3. The summed E-state index contributed by atoms with van der Waals surface area (Å²) in [5, 5.41) is 11.4. The van der Waals surface area contributed by atoms with Crippen molar-refractivity contribution in [3.63, 3.8) is 0 Å². The third-order valence-electron chi connectivity index (χ3n) is 7.30. The second-order valence-corrected chi connectivity index (χ2v) is 10.2. The molecular weight excluding hydrogens is 506 g/mol. The molecule has 3 aromatic rings. The molecule has 2 saturated heterocycles. The largest absolute Gasteiger partial charge is 0.507 e. The smallest absolute Gasteiger partial charge is 0.295 e. The number of unbranched alkanes of at least 4 members (excludes halogenated alkanes) is 1. The number of amides is 1. The van der Waals surface area contributed by atoms with Crippen LogP contribution in [0.25, 0.3) is 5.76 Å². The molecule has 0 unspecified atom stereocenters. The molecule has 2 aliphatic rings. The van der Waals surface area contributed by atoms with E-state index in [-0.39, 0.29) is 24.0 Å². The van der Waals surface area contributed by atoms with Gasteiger partial charge in [-0.2, -0.15) is 0 Å². The van der Waals surface area contributed by atoms with E-state index >= 15 is 0 Å². The van der Waals surface area contributed by atoms with Crippen molar-refractivity contribution < 1.29 is 28.9 Å². The maximum atomic E-state index is 13.4. The number of nitrogens with zero attached hydrogens (tertiary/aromatic N) is 1. The molecule has 0 bridgehead atoms. The Hall–Kier alpha value is -4.10. The highest BCUT2D eigenvalue weighted by molar-refractivity contribution is 6.46. The van der Waals surface area contributed by atoms with Crippen molar-refractivity contribution in [2.75, 3.05) is 19.8 Å². The fraction of sp³-hybridized carbons (Fsp3) is 0.333. The lowest BCUT2D eigenvalue weighted by molar-refractivity contribution is -0.140. The Morgan fingerprint density at radius 3 is 2.33 bits per heavy atom. The van der Waals surface area contributed by atoms with E-state index < -0.39 is 17.7 Å². The molecule has 3 aromatic carbocycles. The van der Waals surface area contributed by atoms with E-state index in [0.29, 0.717) is 42.4 Å². The molecule has 2 heterocycles. The molecule has 1 N–H and O–H groups in total. The predicted molar refractivity (Wildman–Crippen MR) is 152 cm³/mol. The predicted octanol–water partition coefficient (Wildman–Crippen LogP) is 6.05. The summed E-state index contributed by atoms with van der Waals surface area (Å²) >= 11 is 0. The lowest BCUT2D eigenvalue weighted by atomic mass is 9.95. The number of hydrogen-bond acceptors (Lipinski definition) is 6. The van der Waals surface area contributed by atoms with Gasteiger partial charge in [0.05, 0.1) is 24.3 Å². The highest BCUT2D eigenvalue weighted by Gasteiger charge is 2.47. The van der Waals surface area contributed by atoms with Crippen LogP contribution in [-0.4, -0.2) is 47.6 Å². The van der Waals surface area contributed by atoms with Crippen LogP contribution in [0.3, 0.4) is 0 Å². The van der Waals surface area contributed by atoms with Crippen LogP contribution in [0.15, 0.2) is 84.4 Å². The van der Waals surface area contributed by atoms with E-state index in [1.54, 1.807) is 24.3 Å². The van der Waals surface area contributed by atoms with Crippen molar-refractivity contribution in [2.45, 2.75) is 51.4 Å². The molecule has 7 nitrogen and oxygen atoms in total. The molecule has 0 spiro atoms. The highest BCUT2D eigenvalue weighted by atomic mass is 16.5. The molecule has 2 atom stereocenters. The van der Waals surface area contributed by atoms with E-state index in [1.165, 1.54) is 4.90 Å². The number of aliphatic hydroxyl groups excluding tert-OH is 1. The van der Waals surface area contributed by atoms with Crippen molar-refractivity contribution in [3.8, 4) is 11.5 Å². The molecule has 5 rings (SSSR count). The minimum absolute atomic E-state index is 0.0700. The Bertz CT molecular complexity index is 1330. The summed E-state index contributed by atoms with van der Waals surface area (Å²) in [6, 6.07) is 23.4. The third kappa shape index (κ3) is 6.20. The van der Waals surface area contributed by atoms with Crippen molar-refractivity contribution in [1.82, 2.24) is 4.90 Å². The number of ether oxygens (including phenoxy) is 3. The lowest BCUT2D eigenvalue weighted by Crippen LogP contribution is -2.36. The molecule has 7 heteroatoms. The Morgan fingerprint density at radius 2 is 1.65 bits per heavy atom. The molecule has 0 radical (unpaired) electrons. The van der Waals surface area contributed by atoms with Crippen LogP contribution < -0.4 is 9.47 Å². The van der Waals surface area contributed by atoms with Gasteiger partial charge in [0.25, 0.3) is 11.7 Å². The maximum Gasteiger partial charge on any atom is 0.295 e. The van der Waals surface area contributed by atoms with E-state index in [0.717, 1.165) is 31.2 Å². The summed E-state index contributed by atoms with van der Waals surface area (Å²) < 4.78 is 17.5. The zero-order valence-corrected chi connectivity index (χ0v) is 22.8. The zero-order valence-electron chi connectivity index (χ0n) is 22.8. The van der Waals surface area contributed by atoms with Crippen LogP contribution in [0.5, 0.6) is 11.5 Å². The first kappa shape index (κ1) is 27.5. The van der Waals surface area contributed by atoms with Gasteiger partial charge in [-0.1, -0.05) is 55.8 Å². The van der Waals surface area contributed by atoms with Gasteiger partial charge >= 0.3 is 0 Å². The van der Waals surface area contributed by atoms with Gasteiger partial charge in [0.15, 0.2) is 0 Å². The van der Waals surface area contributed by atoms with Gasteiger partial charge in [-0.05, 0) is 66.8 Å². The lowest BCUT2D eigenvalue weighted by Gasteiger charge is -2.27. The zero-order chi connectivity index (χ0) is 27.9. The summed E-state index contributed by atoms with van der Waals surface area (Å²) in [5.41, 5.74) is 2.29. The summed E-state index contributed by atoms with van der Waals surface area (Å²) in [5.74, 6) is -0.185. The number of carbonyl (C=O) groups is 2. The molecule has 2 fully saturated rings. The Balaban J connectivity index is 1.43. The number of ketones is 1. The Kier molecular flexibility index (Phi) is 8.81. The normalized spacial score (nSPS) is 20.2. The average molecular weight is 542 g/mol. The quantitative estimate of drug-likeness (QED) is 0.138. The average Bonchev–Trinajstić information content (AvgIpc) is 3.59. The fourth-order valence-electron chi connectivity index (χ4n) is 5.11. The molecule has 40 heavy (non-hydrogen) atoms. The monoisotopic (exact) mass is 541 g/mol. The number of likely N-dealkylation sites (tertiary alicyclic amines) is 1. The number of aliphatic hydroxyl groups is 1. The minimum Gasteiger partial charge on any atom is -0.507 e. The Morgan fingerprint density at radius 1 is 0.950 bits per heavy atom. The molecule has 0 saturated carbocycles. The van der Waals surface area contributed by atoms with Gasteiger partial charge in [-0.25, -0.2) is 0 Å². The summed E-state index contributed by atoms with van der Waals surface area (Å²) in [4.78, 5) is 28.2. The number of Topliss-reactive ketones (excluding diaryl/α,β-unsaturated/α-hetero) is 1. The van der Waals surface area contributed by atoms with Crippen LogP contribution in [0.2, 0.25) is 0 Å². The first-order valence-electron chi connectivity index (χ1n) is 13.9. The molecule has 208 valence electrons. The van der Waals surface area contributed by atoms with E-state index in [2.05, 4.69) is 6.92 Å². The molecular formula is C33H35NO6. The van der Waals surface area contributed by atoms with E-state index in [9.17, 15) is 14.7 Å². The van der Waals surface area contributed by atoms with Crippen molar-refractivity contribution in [2.24, 2.45) is 0 Å². The number of rotatable bonds is 11. The van der Waals surface area contributed by atoms with Gasteiger partial charge in [0.2, 0.25) is 0 Å². The maximum absolute atomic E-state index is 13.4. The van der Waals surface area contributed by atoms with Gasteiger partial charge in [-0.3, -0.25) is 9.59 Å². The van der Waals surface area contributed by atoms with E-state index in [4.69, 9.17) is 14.2 Å². The fourth-order valence-corrected chi connectivity index (χ4v) is 5.11. The second kappa shape index (κ2) is 12.8. The van der Waals surface area contributed by atoms with Crippen LogP contribution >= 0.6 is 0 Å². The molecule has 0 aliphatic carbocycles. The molecule has 2 aliphatic heterocycles. The second-order valence-electron chi connectivity index (χ2n) is 10.2. The minimum atomic E-state index is -0.743.